The van der Waals surface area contributed by atoms with Crippen LogP contribution < -0.4 is 10.1 Å². The molecule has 1 N–H and O–H groups in total. The number of amides is 1. The van der Waals surface area contributed by atoms with Gasteiger partial charge in [-0.2, -0.15) is 0 Å². The fourth-order valence-electron chi connectivity index (χ4n) is 3.14. The van der Waals surface area contributed by atoms with Gasteiger partial charge in [0, 0.05) is 36.1 Å². The Hall–Kier alpha value is -2.57. The van der Waals surface area contributed by atoms with Crippen molar-refractivity contribution in [3.63, 3.8) is 0 Å². The number of methoxy groups -OCH3 is 2. The summed E-state index contributed by atoms with van der Waals surface area (Å²) in [5.74, 6) is 0.299. The molecule has 0 spiro atoms. The molecule has 2 aromatic carbocycles. The number of hydrogen-bond acceptors (Lipinski definition) is 5. The van der Waals surface area contributed by atoms with E-state index in [4.69, 9.17) is 25.8 Å². The molecule has 1 heterocycles. The molecule has 1 atom stereocenters. The van der Waals surface area contributed by atoms with E-state index >= 15 is 0 Å². The smallest absolute Gasteiger partial charge is 0.337 e. The van der Waals surface area contributed by atoms with Crippen LogP contribution in [-0.2, 0) is 20.7 Å². The lowest BCUT2D eigenvalue weighted by atomic mass is 9.99. The van der Waals surface area contributed by atoms with Crippen molar-refractivity contribution in [3.8, 4) is 16.9 Å². The summed E-state index contributed by atoms with van der Waals surface area (Å²) in [4.78, 5) is 23.4. The van der Waals surface area contributed by atoms with E-state index in [0.29, 0.717) is 36.6 Å². The molecular formula is C21H22ClNO5. The van der Waals surface area contributed by atoms with E-state index in [2.05, 4.69) is 5.32 Å². The van der Waals surface area contributed by atoms with Gasteiger partial charge in [-0.05, 0) is 29.8 Å². The Kier molecular flexibility index (Phi) is 6.54. The second kappa shape index (κ2) is 9.08. The van der Waals surface area contributed by atoms with Gasteiger partial charge in [0.2, 0.25) is 5.91 Å². The maximum Gasteiger partial charge on any atom is 0.337 e. The maximum absolute atomic E-state index is 11.8. The second-order valence-electron chi connectivity index (χ2n) is 6.50. The van der Waals surface area contributed by atoms with Gasteiger partial charge in [0.25, 0.3) is 0 Å². The largest absolute Gasteiger partial charge is 0.487 e. The van der Waals surface area contributed by atoms with Gasteiger partial charge in [-0.15, -0.1) is 0 Å². The number of ether oxygens (including phenoxy) is 3. The predicted octanol–water partition coefficient (Wildman–Crippen LogP) is 3.25. The fourth-order valence-corrected chi connectivity index (χ4v) is 3.38. The molecule has 0 saturated heterocycles. The Bertz CT molecular complexity index is 866. The van der Waals surface area contributed by atoms with Gasteiger partial charge in [0.1, 0.15) is 11.9 Å². The van der Waals surface area contributed by atoms with Gasteiger partial charge in [0.15, 0.2) is 0 Å². The molecule has 0 aliphatic carbocycles. The molecule has 3 rings (SSSR count). The normalized spacial score (nSPS) is 14.9. The zero-order valence-electron chi connectivity index (χ0n) is 15.8. The first-order chi connectivity index (χ1) is 13.5. The molecule has 28 heavy (non-hydrogen) atoms. The van der Waals surface area contributed by atoms with Crippen molar-refractivity contribution in [1.82, 2.24) is 5.32 Å². The molecule has 0 aromatic heterocycles. The van der Waals surface area contributed by atoms with Crippen LogP contribution in [0.1, 0.15) is 22.3 Å². The standard InChI is InChI=1S/C21H22ClNO5/c1-26-8-7-19(24)23-12-17-10-15-9-16(22)11-18(20(15)28-17)13-3-5-14(6-4-13)21(25)27-2/h3-6,9,11,17H,7-8,10,12H2,1-2H3,(H,23,24). The summed E-state index contributed by atoms with van der Waals surface area (Å²) in [6.45, 7) is 0.800. The number of rotatable bonds is 7. The molecule has 0 radical (unpaired) electrons. The minimum Gasteiger partial charge on any atom is -0.487 e. The first-order valence-electron chi connectivity index (χ1n) is 8.95. The Morgan fingerprint density at radius 3 is 2.64 bits per heavy atom. The number of carbonyl (C=O) groups excluding carboxylic acids is 2. The second-order valence-corrected chi connectivity index (χ2v) is 6.94. The highest BCUT2D eigenvalue weighted by Gasteiger charge is 2.27. The van der Waals surface area contributed by atoms with E-state index in [0.717, 1.165) is 22.4 Å². The zero-order valence-corrected chi connectivity index (χ0v) is 16.5. The molecule has 0 fully saturated rings. The third-order valence-corrected chi connectivity index (χ3v) is 4.76. The van der Waals surface area contributed by atoms with E-state index in [-0.39, 0.29) is 18.0 Å². The predicted molar refractivity (Wildman–Crippen MR) is 106 cm³/mol. The minimum absolute atomic E-state index is 0.0712. The van der Waals surface area contributed by atoms with Crippen molar-refractivity contribution in [1.29, 1.82) is 0 Å². The van der Waals surface area contributed by atoms with Gasteiger partial charge in [0.05, 0.1) is 25.8 Å². The molecule has 148 valence electrons. The molecule has 7 heteroatoms. The zero-order chi connectivity index (χ0) is 20.1. The van der Waals surface area contributed by atoms with Crippen molar-refractivity contribution in [2.45, 2.75) is 18.9 Å². The average molecular weight is 404 g/mol. The number of fused-ring (bicyclic) bond motifs is 1. The first-order valence-corrected chi connectivity index (χ1v) is 9.33. The maximum atomic E-state index is 11.8. The minimum atomic E-state index is -0.386. The molecule has 2 aromatic rings. The highest BCUT2D eigenvalue weighted by Crippen LogP contribution is 2.41. The summed E-state index contributed by atoms with van der Waals surface area (Å²) in [6.07, 6.45) is 0.820. The highest BCUT2D eigenvalue weighted by molar-refractivity contribution is 6.31. The molecule has 1 amide bonds. The lowest BCUT2D eigenvalue weighted by molar-refractivity contribution is -0.122. The third-order valence-electron chi connectivity index (χ3n) is 4.54. The van der Waals surface area contributed by atoms with Gasteiger partial charge in [-0.1, -0.05) is 23.7 Å². The molecular weight excluding hydrogens is 382 g/mol. The summed E-state index contributed by atoms with van der Waals surface area (Å²) < 4.78 is 15.7. The summed E-state index contributed by atoms with van der Waals surface area (Å²) in [6, 6.07) is 10.8. The topological polar surface area (TPSA) is 73.9 Å². The molecule has 6 nitrogen and oxygen atoms in total. The van der Waals surface area contributed by atoms with Gasteiger partial charge < -0.3 is 19.5 Å². The van der Waals surface area contributed by atoms with Crippen LogP contribution >= 0.6 is 11.6 Å². The molecule has 1 aliphatic rings. The van der Waals surface area contributed by atoms with Crippen molar-refractivity contribution < 1.29 is 23.8 Å². The summed E-state index contributed by atoms with van der Waals surface area (Å²) in [7, 11) is 2.91. The van der Waals surface area contributed by atoms with E-state index in [1.807, 2.05) is 24.3 Å². The average Bonchev–Trinajstić information content (AvgIpc) is 3.12. The van der Waals surface area contributed by atoms with Crippen LogP contribution in [0.4, 0.5) is 0 Å². The lowest BCUT2D eigenvalue weighted by Gasteiger charge is -2.14. The van der Waals surface area contributed by atoms with Crippen LogP contribution in [0.5, 0.6) is 5.75 Å². The summed E-state index contributed by atoms with van der Waals surface area (Å²) in [5.41, 5.74) is 3.21. The number of carbonyl (C=O) groups is 2. The van der Waals surface area contributed by atoms with Crippen molar-refractivity contribution in [3.05, 3.63) is 52.5 Å². The Labute approximate surface area is 168 Å². The quantitative estimate of drug-likeness (QED) is 0.718. The van der Waals surface area contributed by atoms with Gasteiger partial charge in [-0.25, -0.2) is 4.79 Å². The molecule has 1 aliphatic heterocycles. The van der Waals surface area contributed by atoms with E-state index in [1.54, 1.807) is 19.2 Å². The molecule has 0 bridgehead atoms. The number of halogens is 1. The lowest BCUT2D eigenvalue weighted by Crippen LogP contribution is -2.34. The van der Waals surface area contributed by atoms with Crippen LogP contribution in [0.3, 0.4) is 0 Å². The van der Waals surface area contributed by atoms with Crippen LogP contribution in [0.25, 0.3) is 11.1 Å². The van der Waals surface area contributed by atoms with Crippen LogP contribution in [0.2, 0.25) is 5.02 Å². The number of nitrogens with one attached hydrogen (secondary N) is 1. The fraction of sp³-hybridized carbons (Fsp3) is 0.333. The van der Waals surface area contributed by atoms with Crippen LogP contribution in [0.15, 0.2) is 36.4 Å². The SMILES string of the molecule is COCCC(=O)NCC1Cc2cc(Cl)cc(-c3ccc(C(=O)OC)cc3)c2O1. The van der Waals surface area contributed by atoms with Crippen LogP contribution in [0, 0.1) is 0 Å². The molecule has 0 saturated carbocycles. The Morgan fingerprint density at radius 2 is 1.96 bits per heavy atom. The van der Waals surface area contributed by atoms with Crippen molar-refractivity contribution >= 4 is 23.5 Å². The van der Waals surface area contributed by atoms with Gasteiger partial charge in [-0.3, -0.25) is 4.79 Å². The third kappa shape index (κ3) is 4.64. The number of hydrogen-bond donors (Lipinski definition) is 1. The number of esters is 1. The Balaban J connectivity index is 1.75. The van der Waals surface area contributed by atoms with Gasteiger partial charge >= 0.3 is 5.97 Å². The molecule has 1 unspecified atom stereocenters. The van der Waals surface area contributed by atoms with E-state index in [1.165, 1.54) is 7.11 Å². The Morgan fingerprint density at radius 1 is 1.21 bits per heavy atom. The van der Waals surface area contributed by atoms with Crippen molar-refractivity contribution in [2.75, 3.05) is 27.4 Å². The highest BCUT2D eigenvalue weighted by atomic mass is 35.5. The summed E-state index contributed by atoms with van der Waals surface area (Å²) >= 11 is 6.30. The first kappa shape index (κ1) is 20.2. The van der Waals surface area contributed by atoms with Crippen LogP contribution in [-0.4, -0.2) is 45.4 Å². The monoisotopic (exact) mass is 403 g/mol. The van der Waals surface area contributed by atoms with E-state index < -0.39 is 0 Å². The van der Waals surface area contributed by atoms with Crippen molar-refractivity contribution in [2.24, 2.45) is 0 Å². The summed E-state index contributed by atoms with van der Waals surface area (Å²) in [5, 5.41) is 3.48. The van der Waals surface area contributed by atoms with E-state index in [9.17, 15) is 9.59 Å². The number of benzene rings is 2.